The maximum Gasteiger partial charge on any atom is 0.123 e. The van der Waals surface area contributed by atoms with Crippen LogP contribution in [0.15, 0.2) is 53.1 Å². The number of rotatable bonds is 2. The molecule has 1 heterocycles. The Hall–Kier alpha value is -1.81. The average molecular weight is 319 g/mol. The van der Waals surface area contributed by atoms with Gasteiger partial charge in [0, 0.05) is 32.8 Å². The van der Waals surface area contributed by atoms with E-state index in [4.69, 9.17) is 5.73 Å². The first-order valence-corrected chi connectivity index (χ1v) is 6.72. The first kappa shape index (κ1) is 12.2. The number of nitrogens with two attached hydrogens (primary N) is 1. The van der Waals surface area contributed by atoms with Crippen molar-refractivity contribution in [1.29, 1.82) is 0 Å². The molecule has 0 aliphatic carbocycles. The zero-order valence-electron chi connectivity index (χ0n) is 10.1. The van der Waals surface area contributed by atoms with E-state index in [1.54, 1.807) is 6.07 Å². The molecule has 0 atom stereocenters. The predicted octanol–water partition coefficient (Wildman–Crippen LogP) is 4.17. The van der Waals surface area contributed by atoms with E-state index in [1.165, 1.54) is 12.1 Å². The fraction of sp³-hybridized carbons (Fsp3) is 0.0667. The van der Waals surface area contributed by atoms with Crippen molar-refractivity contribution in [2.75, 3.05) is 5.73 Å². The van der Waals surface area contributed by atoms with Crippen LogP contribution in [0, 0.1) is 5.82 Å². The van der Waals surface area contributed by atoms with Gasteiger partial charge < -0.3 is 10.3 Å². The van der Waals surface area contributed by atoms with Crippen LogP contribution in [0.4, 0.5) is 10.1 Å². The molecule has 2 aromatic carbocycles. The molecule has 4 heteroatoms. The highest BCUT2D eigenvalue weighted by Crippen LogP contribution is 2.25. The van der Waals surface area contributed by atoms with E-state index in [1.807, 2.05) is 30.5 Å². The molecule has 0 aliphatic rings. The van der Waals surface area contributed by atoms with Crippen molar-refractivity contribution >= 4 is 32.5 Å². The lowest BCUT2D eigenvalue weighted by Gasteiger charge is -2.10. The molecule has 0 fully saturated rings. The van der Waals surface area contributed by atoms with E-state index in [-0.39, 0.29) is 5.82 Å². The number of anilines is 1. The zero-order valence-corrected chi connectivity index (χ0v) is 11.7. The molecule has 19 heavy (non-hydrogen) atoms. The molecule has 0 unspecified atom stereocenters. The minimum Gasteiger partial charge on any atom is -0.398 e. The molecule has 0 saturated heterocycles. The number of benzene rings is 2. The standard InChI is InChI=1S/C15H12BrFN2/c16-13-2-1-3-14(18)12(13)9-19-7-6-10-8-11(17)4-5-15(10)19/h1-8H,9,18H2. The Morgan fingerprint density at radius 3 is 2.79 bits per heavy atom. The van der Waals surface area contributed by atoms with Gasteiger partial charge in [0.25, 0.3) is 0 Å². The molecule has 1 aromatic heterocycles. The van der Waals surface area contributed by atoms with Crippen molar-refractivity contribution in [1.82, 2.24) is 4.57 Å². The van der Waals surface area contributed by atoms with Gasteiger partial charge in [0.2, 0.25) is 0 Å². The summed E-state index contributed by atoms with van der Waals surface area (Å²) in [4.78, 5) is 0. The van der Waals surface area contributed by atoms with Crippen LogP contribution in [0.2, 0.25) is 0 Å². The maximum absolute atomic E-state index is 13.2. The van der Waals surface area contributed by atoms with Gasteiger partial charge in [-0.05, 0) is 36.4 Å². The third-order valence-electron chi connectivity index (χ3n) is 3.22. The Kier molecular flexibility index (Phi) is 3.03. The average Bonchev–Trinajstić information content (AvgIpc) is 2.76. The van der Waals surface area contributed by atoms with Crippen molar-refractivity contribution < 1.29 is 4.39 Å². The predicted molar refractivity (Wildman–Crippen MR) is 79.6 cm³/mol. The highest BCUT2D eigenvalue weighted by Gasteiger charge is 2.07. The fourth-order valence-corrected chi connectivity index (χ4v) is 2.73. The van der Waals surface area contributed by atoms with Gasteiger partial charge in [-0.3, -0.25) is 0 Å². The summed E-state index contributed by atoms with van der Waals surface area (Å²) in [6.07, 6.45) is 1.95. The first-order chi connectivity index (χ1) is 9.15. The number of halogens is 2. The van der Waals surface area contributed by atoms with E-state index in [2.05, 4.69) is 20.5 Å². The highest BCUT2D eigenvalue weighted by atomic mass is 79.9. The second-order valence-corrected chi connectivity index (χ2v) is 5.31. The summed E-state index contributed by atoms with van der Waals surface area (Å²) in [5.74, 6) is -0.217. The highest BCUT2D eigenvalue weighted by molar-refractivity contribution is 9.10. The SMILES string of the molecule is Nc1cccc(Br)c1Cn1ccc2cc(F)ccc21. The summed E-state index contributed by atoms with van der Waals surface area (Å²) in [5, 5.41) is 0.894. The molecule has 0 bridgehead atoms. The van der Waals surface area contributed by atoms with Crippen molar-refractivity contribution in [2.24, 2.45) is 0 Å². The van der Waals surface area contributed by atoms with Crippen molar-refractivity contribution in [3.8, 4) is 0 Å². The van der Waals surface area contributed by atoms with Gasteiger partial charge in [-0.15, -0.1) is 0 Å². The number of nitrogen functional groups attached to an aromatic ring is 1. The van der Waals surface area contributed by atoms with Crippen molar-refractivity contribution in [3.63, 3.8) is 0 Å². The molecule has 3 rings (SSSR count). The van der Waals surface area contributed by atoms with E-state index in [9.17, 15) is 4.39 Å². The van der Waals surface area contributed by atoms with Gasteiger partial charge >= 0.3 is 0 Å². The van der Waals surface area contributed by atoms with Gasteiger partial charge in [-0.1, -0.05) is 22.0 Å². The number of nitrogens with zero attached hydrogens (tertiary/aromatic N) is 1. The first-order valence-electron chi connectivity index (χ1n) is 5.92. The van der Waals surface area contributed by atoms with Crippen LogP contribution < -0.4 is 5.73 Å². The molecular formula is C15H12BrFN2. The van der Waals surface area contributed by atoms with Gasteiger partial charge in [-0.25, -0.2) is 4.39 Å². The summed E-state index contributed by atoms with van der Waals surface area (Å²) in [7, 11) is 0. The Morgan fingerprint density at radius 1 is 1.16 bits per heavy atom. The number of aromatic nitrogens is 1. The van der Waals surface area contributed by atoms with E-state index < -0.39 is 0 Å². The lowest BCUT2D eigenvalue weighted by atomic mass is 10.2. The third kappa shape index (κ3) is 2.24. The lowest BCUT2D eigenvalue weighted by Crippen LogP contribution is -2.02. The van der Waals surface area contributed by atoms with Crippen LogP contribution in [0.25, 0.3) is 10.9 Å². The Labute approximate surface area is 118 Å². The fourth-order valence-electron chi connectivity index (χ4n) is 2.22. The number of hydrogen-bond acceptors (Lipinski definition) is 1. The molecule has 0 radical (unpaired) electrons. The Morgan fingerprint density at radius 2 is 2.00 bits per heavy atom. The van der Waals surface area contributed by atoms with Crippen molar-refractivity contribution in [3.05, 3.63) is 64.5 Å². The van der Waals surface area contributed by atoms with Crippen LogP contribution >= 0.6 is 15.9 Å². The smallest absolute Gasteiger partial charge is 0.123 e. The summed E-state index contributed by atoms with van der Waals surface area (Å²) < 4.78 is 16.2. The number of fused-ring (bicyclic) bond motifs is 1. The largest absolute Gasteiger partial charge is 0.398 e. The minimum absolute atomic E-state index is 0.217. The quantitative estimate of drug-likeness (QED) is 0.706. The second kappa shape index (κ2) is 4.70. The van der Waals surface area contributed by atoms with E-state index in [0.29, 0.717) is 6.54 Å². The maximum atomic E-state index is 13.2. The monoisotopic (exact) mass is 318 g/mol. The summed E-state index contributed by atoms with van der Waals surface area (Å²) in [5.41, 5.74) is 8.78. The van der Waals surface area contributed by atoms with Gasteiger partial charge in [0.05, 0.1) is 6.54 Å². The topological polar surface area (TPSA) is 30.9 Å². The summed E-state index contributed by atoms with van der Waals surface area (Å²) >= 11 is 3.52. The molecule has 96 valence electrons. The second-order valence-electron chi connectivity index (χ2n) is 4.45. The van der Waals surface area contributed by atoms with Gasteiger partial charge in [0.1, 0.15) is 5.82 Å². The molecule has 3 aromatic rings. The Bertz CT molecular complexity index is 729. The summed E-state index contributed by atoms with van der Waals surface area (Å²) in [6, 6.07) is 12.5. The molecule has 0 amide bonds. The summed E-state index contributed by atoms with van der Waals surface area (Å²) in [6.45, 7) is 0.655. The molecule has 2 nitrogen and oxygen atoms in total. The van der Waals surface area contributed by atoms with Crippen LogP contribution in [0.3, 0.4) is 0 Å². The normalized spacial score (nSPS) is 11.1. The Balaban J connectivity index is 2.06. The van der Waals surface area contributed by atoms with Gasteiger partial charge in [-0.2, -0.15) is 0 Å². The van der Waals surface area contributed by atoms with Crippen LogP contribution in [-0.2, 0) is 6.54 Å². The van der Waals surface area contributed by atoms with Crippen LogP contribution in [0.5, 0.6) is 0 Å². The molecular weight excluding hydrogens is 307 g/mol. The number of hydrogen-bond donors (Lipinski definition) is 1. The molecule has 0 saturated carbocycles. The zero-order chi connectivity index (χ0) is 13.4. The molecule has 0 spiro atoms. The third-order valence-corrected chi connectivity index (χ3v) is 3.96. The van der Waals surface area contributed by atoms with E-state index >= 15 is 0 Å². The molecule has 2 N–H and O–H groups in total. The molecule has 0 aliphatic heterocycles. The minimum atomic E-state index is -0.217. The van der Waals surface area contributed by atoms with Gasteiger partial charge in [0.15, 0.2) is 0 Å². The lowest BCUT2D eigenvalue weighted by molar-refractivity contribution is 0.629. The van der Waals surface area contributed by atoms with Crippen molar-refractivity contribution in [2.45, 2.75) is 6.54 Å². The van der Waals surface area contributed by atoms with Crippen LogP contribution in [0.1, 0.15) is 5.56 Å². The van der Waals surface area contributed by atoms with E-state index in [0.717, 1.165) is 26.6 Å². The van der Waals surface area contributed by atoms with Crippen LogP contribution in [-0.4, -0.2) is 4.57 Å².